The molecule has 1 aromatic rings. The van der Waals surface area contributed by atoms with Gasteiger partial charge in [0, 0.05) is 4.90 Å². The van der Waals surface area contributed by atoms with Gasteiger partial charge in [-0.2, -0.15) is 0 Å². The lowest BCUT2D eigenvalue weighted by Gasteiger charge is -1.96. The fraction of sp³-hybridized carbons (Fsp3) is 0. The monoisotopic (exact) mass is 168 g/mol. The summed E-state index contributed by atoms with van der Waals surface area (Å²) in [4.78, 5) is 11.6. The molecular formula is C7H8N2OS. The number of rotatable bonds is 1. The summed E-state index contributed by atoms with van der Waals surface area (Å²) in [6.07, 6.45) is 0. The topological polar surface area (TPSA) is 55.1 Å². The van der Waals surface area contributed by atoms with Gasteiger partial charge in [0.2, 0.25) is 0 Å². The lowest BCUT2D eigenvalue weighted by atomic mass is 10.4. The molecule has 58 valence electrons. The summed E-state index contributed by atoms with van der Waals surface area (Å²) in [5.41, 5.74) is 2.04. The quantitative estimate of drug-likeness (QED) is 0.288. The standard InChI is InChI=1S/C7H8N2OS/c8-9-7(10)11-6-4-2-1-3-5-6/h1-5H,8H2,(H,9,10). The number of benzene rings is 1. The third-order valence-electron chi connectivity index (χ3n) is 1.07. The molecule has 3 nitrogen and oxygen atoms in total. The molecular weight excluding hydrogens is 160 g/mol. The summed E-state index contributed by atoms with van der Waals surface area (Å²) in [5.74, 6) is 4.90. The second-order valence-corrected chi connectivity index (χ2v) is 2.89. The number of nitrogens with two attached hydrogens (primary N) is 1. The van der Waals surface area contributed by atoms with Crippen molar-refractivity contribution in [1.82, 2.24) is 5.43 Å². The molecule has 0 fully saturated rings. The zero-order valence-corrected chi connectivity index (χ0v) is 6.60. The lowest BCUT2D eigenvalue weighted by molar-refractivity contribution is 0.261. The first-order valence-electron chi connectivity index (χ1n) is 3.06. The van der Waals surface area contributed by atoms with Crippen LogP contribution in [0.25, 0.3) is 0 Å². The molecule has 1 amide bonds. The highest BCUT2D eigenvalue weighted by Gasteiger charge is 1.99. The van der Waals surface area contributed by atoms with E-state index in [1.165, 1.54) is 0 Å². The molecule has 0 spiro atoms. The molecule has 1 aromatic carbocycles. The highest BCUT2D eigenvalue weighted by molar-refractivity contribution is 8.13. The fourth-order valence-corrected chi connectivity index (χ4v) is 1.19. The Labute approximate surface area is 68.9 Å². The minimum absolute atomic E-state index is 0.254. The van der Waals surface area contributed by atoms with E-state index in [2.05, 4.69) is 0 Å². The summed E-state index contributed by atoms with van der Waals surface area (Å²) in [5, 5.41) is -0.254. The van der Waals surface area contributed by atoms with E-state index in [-0.39, 0.29) is 5.24 Å². The van der Waals surface area contributed by atoms with E-state index in [9.17, 15) is 4.79 Å². The molecule has 0 atom stereocenters. The van der Waals surface area contributed by atoms with Gasteiger partial charge in [-0.05, 0) is 23.9 Å². The number of hydrazine groups is 1. The number of carbonyl (C=O) groups excluding carboxylic acids is 1. The molecule has 0 heterocycles. The minimum Gasteiger partial charge on any atom is -0.285 e. The first kappa shape index (κ1) is 8.10. The average molecular weight is 168 g/mol. The zero-order chi connectivity index (χ0) is 8.10. The SMILES string of the molecule is NNC(=O)Sc1ccccc1. The fourth-order valence-electron chi connectivity index (χ4n) is 0.625. The van der Waals surface area contributed by atoms with Gasteiger partial charge >= 0.3 is 0 Å². The van der Waals surface area contributed by atoms with E-state index in [0.717, 1.165) is 16.7 Å². The van der Waals surface area contributed by atoms with Crippen LogP contribution in [0.2, 0.25) is 0 Å². The van der Waals surface area contributed by atoms with E-state index < -0.39 is 0 Å². The molecule has 3 N–H and O–H groups in total. The van der Waals surface area contributed by atoms with E-state index in [1.54, 1.807) is 0 Å². The smallest absolute Gasteiger partial charge is 0.285 e. The van der Waals surface area contributed by atoms with Gasteiger partial charge in [0.05, 0.1) is 0 Å². The van der Waals surface area contributed by atoms with Crippen molar-refractivity contribution < 1.29 is 4.79 Å². The third-order valence-corrected chi connectivity index (χ3v) is 1.88. The van der Waals surface area contributed by atoms with Crippen molar-refractivity contribution in [3.63, 3.8) is 0 Å². The van der Waals surface area contributed by atoms with Crippen molar-refractivity contribution in [2.24, 2.45) is 5.84 Å². The van der Waals surface area contributed by atoms with Crippen LogP contribution >= 0.6 is 11.8 Å². The van der Waals surface area contributed by atoms with Crippen molar-refractivity contribution >= 4 is 17.0 Å². The van der Waals surface area contributed by atoms with E-state index in [4.69, 9.17) is 5.84 Å². The van der Waals surface area contributed by atoms with Crippen LogP contribution in [0, 0.1) is 0 Å². The largest absolute Gasteiger partial charge is 0.297 e. The second-order valence-electron chi connectivity index (χ2n) is 1.85. The number of thioether (sulfide) groups is 1. The average Bonchev–Trinajstić information content (AvgIpc) is 2.06. The normalized spacial score (nSPS) is 9.18. The molecule has 0 radical (unpaired) electrons. The third kappa shape index (κ3) is 2.61. The van der Waals surface area contributed by atoms with Crippen LogP contribution in [0.4, 0.5) is 4.79 Å². The Morgan fingerprint density at radius 1 is 1.36 bits per heavy atom. The molecule has 0 unspecified atom stereocenters. The Morgan fingerprint density at radius 3 is 2.55 bits per heavy atom. The summed E-state index contributed by atoms with van der Waals surface area (Å²) in [7, 11) is 0. The predicted octanol–water partition coefficient (Wildman–Crippen LogP) is 1.36. The number of hydrogen-bond acceptors (Lipinski definition) is 3. The van der Waals surface area contributed by atoms with Gasteiger partial charge in [-0.25, -0.2) is 5.84 Å². The Balaban J connectivity index is 2.58. The van der Waals surface area contributed by atoms with Crippen molar-refractivity contribution in [2.75, 3.05) is 0 Å². The van der Waals surface area contributed by atoms with Gasteiger partial charge in [0.15, 0.2) is 0 Å². The van der Waals surface area contributed by atoms with Gasteiger partial charge in [-0.15, -0.1) is 0 Å². The zero-order valence-electron chi connectivity index (χ0n) is 5.78. The number of nitrogens with one attached hydrogen (secondary N) is 1. The summed E-state index contributed by atoms with van der Waals surface area (Å²) >= 11 is 1.07. The first-order valence-corrected chi connectivity index (χ1v) is 3.88. The number of amides is 1. The molecule has 0 aliphatic rings. The molecule has 0 saturated heterocycles. The Hall–Kier alpha value is -1.00. The first-order chi connectivity index (χ1) is 5.33. The van der Waals surface area contributed by atoms with Crippen LogP contribution in [0.15, 0.2) is 35.2 Å². The molecule has 1 rings (SSSR count). The van der Waals surface area contributed by atoms with Crippen LogP contribution in [-0.2, 0) is 0 Å². The van der Waals surface area contributed by atoms with Crippen molar-refractivity contribution in [3.05, 3.63) is 30.3 Å². The van der Waals surface area contributed by atoms with E-state index in [0.29, 0.717) is 0 Å². The number of carbonyl (C=O) groups is 1. The van der Waals surface area contributed by atoms with Gasteiger partial charge in [0.25, 0.3) is 5.24 Å². The maximum Gasteiger partial charge on any atom is 0.297 e. The summed E-state index contributed by atoms with van der Waals surface area (Å²) in [6, 6.07) is 9.32. The maximum absolute atomic E-state index is 10.7. The van der Waals surface area contributed by atoms with Crippen molar-refractivity contribution in [3.8, 4) is 0 Å². The molecule has 11 heavy (non-hydrogen) atoms. The Kier molecular flexibility index (Phi) is 2.95. The van der Waals surface area contributed by atoms with Crippen LogP contribution in [0.5, 0.6) is 0 Å². The van der Waals surface area contributed by atoms with Crippen molar-refractivity contribution in [1.29, 1.82) is 0 Å². The molecule has 0 bridgehead atoms. The highest BCUT2D eigenvalue weighted by Crippen LogP contribution is 2.16. The van der Waals surface area contributed by atoms with Crippen LogP contribution in [0.3, 0.4) is 0 Å². The summed E-state index contributed by atoms with van der Waals surface area (Å²) in [6.45, 7) is 0. The predicted molar refractivity (Wildman–Crippen MR) is 45.0 cm³/mol. The van der Waals surface area contributed by atoms with Crippen LogP contribution < -0.4 is 11.3 Å². The van der Waals surface area contributed by atoms with Crippen LogP contribution in [-0.4, -0.2) is 5.24 Å². The molecule has 4 heteroatoms. The van der Waals surface area contributed by atoms with Crippen molar-refractivity contribution in [2.45, 2.75) is 4.90 Å². The Bertz CT molecular complexity index is 237. The van der Waals surface area contributed by atoms with E-state index >= 15 is 0 Å². The van der Waals surface area contributed by atoms with Gasteiger partial charge in [-0.1, -0.05) is 18.2 Å². The number of hydrogen-bond donors (Lipinski definition) is 2. The Morgan fingerprint density at radius 2 is 2.00 bits per heavy atom. The molecule has 0 saturated carbocycles. The second kappa shape index (κ2) is 4.00. The molecule has 0 aliphatic carbocycles. The van der Waals surface area contributed by atoms with E-state index in [1.807, 2.05) is 35.8 Å². The van der Waals surface area contributed by atoms with Gasteiger partial charge < -0.3 is 0 Å². The maximum atomic E-state index is 10.7. The minimum atomic E-state index is -0.254. The summed E-state index contributed by atoms with van der Waals surface area (Å²) < 4.78 is 0. The molecule has 0 aliphatic heterocycles. The highest BCUT2D eigenvalue weighted by atomic mass is 32.2. The lowest BCUT2D eigenvalue weighted by Crippen LogP contribution is -2.25. The van der Waals surface area contributed by atoms with Gasteiger partial charge in [0.1, 0.15) is 0 Å². The van der Waals surface area contributed by atoms with Crippen LogP contribution in [0.1, 0.15) is 0 Å². The van der Waals surface area contributed by atoms with Gasteiger partial charge in [-0.3, -0.25) is 10.2 Å². The molecule has 0 aromatic heterocycles.